The minimum atomic E-state index is -0.615. The van der Waals surface area contributed by atoms with Crippen LogP contribution >= 0.6 is 0 Å². The molecule has 1 aliphatic heterocycles. The van der Waals surface area contributed by atoms with Crippen molar-refractivity contribution in [2.45, 2.75) is 37.8 Å². The van der Waals surface area contributed by atoms with E-state index in [0.29, 0.717) is 18.7 Å². The molecule has 0 bridgehead atoms. The smallest absolute Gasteiger partial charge is 0.261 e. The number of likely N-dealkylation sites (tertiary alicyclic amines) is 1. The van der Waals surface area contributed by atoms with Gasteiger partial charge in [0.1, 0.15) is 11.8 Å². The molecule has 0 saturated carbocycles. The quantitative estimate of drug-likeness (QED) is 0.864. The molecule has 0 radical (unpaired) electrons. The van der Waals surface area contributed by atoms with Gasteiger partial charge in [-0.1, -0.05) is 6.07 Å². The normalized spacial score (nSPS) is 22.9. The van der Waals surface area contributed by atoms with Gasteiger partial charge in [0.25, 0.3) is 5.91 Å². The van der Waals surface area contributed by atoms with Crippen molar-refractivity contribution >= 4 is 11.8 Å². The van der Waals surface area contributed by atoms with E-state index in [1.165, 1.54) is 22.4 Å². The summed E-state index contributed by atoms with van der Waals surface area (Å²) >= 11 is 0. The van der Waals surface area contributed by atoms with Gasteiger partial charge in [-0.3, -0.25) is 9.59 Å². The third-order valence-electron chi connectivity index (χ3n) is 4.68. The maximum atomic E-state index is 12.4. The Kier molecular flexibility index (Phi) is 4.52. The van der Waals surface area contributed by atoms with Gasteiger partial charge >= 0.3 is 0 Å². The molecule has 1 aromatic rings. The second-order valence-corrected chi connectivity index (χ2v) is 6.13. The number of rotatable bonds is 5. The van der Waals surface area contributed by atoms with Crippen molar-refractivity contribution in [3.63, 3.8) is 0 Å². The summed E-state index contributed by atoms with van der Waals surface area (Å²) in [5.74, 6) is -0.0543. The zero-order chi connectivity index (χ0) is 16.4. The summed E-state index contributed by atoms with van der Waals surface area (Å²) in [5.41, 5.74) is 8.04. The average molecular weight is 318 g/mol. The third kappa shape index (κ3) is 3.32. The second-order valence-electron chi connectivity index (χ2n) is 6.13. The molecule has 0 unspecified atom stereocenters. The molecule has 2 aliphatic rings. The van der Waals surface area contributed by atoms with Gasteiger partial charge in [-0.15, -0.1) is 0 Å². The fraction of sp³-hybridized carbons (Fsp3) is 0.529. The molecule has 1 heterocycles. The molecule has 23 heavy (non-hydrogen) atoms. The zero-order valence-corrected chi connectivity index (χ0v) is 13.3. The van der Waals surface area contributed by atoms with Crippen LogP contribution in [0.25, 0.3) is 0 Å². The van der Waals surface area contributed by atoms with E-state index in [4.69, 9.17) is 15.2 Å². The fourth-order valence-corrected chi connectivity index (χ4v) is 3.38. The molecule has 1 fully saturated rings. The molecule has 2 amide bonds. The molecule has 0 spiro atoms. The van der Waals surface area contributed by atoms with E-state index in [0.717, 1.165) is 12.8 Å². The number of ether oxygens (including phenoxy) is 2. The van der Waals surface area contributed by atoms with Crippen molar-refractivity contribution in [3.05, 3.63) is 29.3 Å². The summed E-state index contributed by atoms with van der Waals surface area (Å²) in [4.78, 5) is 25.3. The van der Waals surface area contributed by atoms with Crippen molar-refractivity contribution in [3.8, 4) is 5.75 Å². The van der Waals surface area contributed by atoms with Crippen LogP contribution in [0, 0.1) is 0 Å². The Hall–Kier alpha value is -2.08. The number of carbonyl (C=O) groups is 2. The van der Waals surface area contributed by atoms with Crippen LogP contribution in [0.3, 0.4) is 0 Å². The lowest BCUT2D eigenvalue weighted by Crippen LogP contribution is -2.45. The van der Waals surface area contributed by atoms with E-state index in [1.807, 2.05) is 12.1 Å². The van der Waals surface area contributed by atoms with Crippen LogP contribution in [0.1, 0.15) is 24.0 Å². The molecule has 3 rings (SSSR count). The van der Waals surface area contributed by atoms with Gasteiger partial charge in [-0.25, -0.2) is 0 Å². The van der Waals surface area contributed by atoms with Crippen LogP contribution in [0.4, 0.5) is 0 Å². The lowest BCUT2D eigenvalue weighted by atomic mass is 10.1. The number of fused-ring (bicyclic) bond motifs is 1. The lowest BCUT2D eigenvalue weighted by Gasteiger charge is -2.22. The highest BCUT2D eigenvalue weighted by atomic mass is 16.5. The number of hydrogen-bond donors (Lipinski definition) is 1. The van der Waals surface area contributed by atoms with E-state index < -0.39 is 11.9 Å². The van der Waals surface area contributed by atoms with E-state index in [-0.39, 0.29) is 18.6 Å². The minimum Gasteiger partial charge on any atom is -0.484 e. The van der Waals surface area contributed by atoms with E-state index >= 15 is 0 Å². The zero-order valence-electron chi connectivity index (χ0n) is 13.3. The molecular formula is C17H22N2O4. The topological polar surface area (TPSA) is 81.9 Å². The van der Waals surface area contributed by atoms with Crippen LogP contribution in [0.5, 0.6) is 5.75 Å². The first kappa shape index (κ1) is 15.8. The van der Waals surface area contributed by atoms with Gasteiger partial charge < -0.3 is 20.1 Å². The standard InChI is InChI=1S/C17H22N2O4/c1-22-14-8-15(17(18)21)19(9-14)16(20)10-23-13-6-5-11-3-2-4-12(11)7-13/h5-7,14-15H,2-4,8-10H2,1H3,(H2,18,21)/t14-,15-/m0/s1. The summed E-state index contributed by atoms with van der Waals surface area (Å²) in [6.07, 6.45) is 3.63. The van der Waals surface area contributed by atoms with Crippen molar-refractivity contribution < 1.29 is 19.1 Å². The Morgan fingerprint density at radius 3 is 2.83 bits per heavy atom. The highest BCUT2D eigenvalue weighted by Crippen LogP contribution is 2.26. The van der Waals surface area contributed by atoms with E-state index in [9.17, 15) is 9.59 Å². The number of nitrogens with zero attached hydrogens (tertiary/aromatic N) is 1. The first-order chi connectivity index (χ1) is 11.1. The molecule has 0 aromatic heterocycles. The molecule has 124 valence electrons. The number of benzene rings is 1. The molecule has 1 aliphatic carbocycles. The summed E-state index contributed by atoms with van der Waals surface area (Å²) in [7, 11) is 1.57. The fourth-order valence-electron chi connectivity index (χ4n) is 3.38. The number of methoxy groups -OCH3 is 1. The maximum absolute atomic E-state index is 12.4. The molecular weight excluding hydrogens is 296 g/mol. The minimum absolute atomic E-state index is 0.0982. The van der Waals surface area contributed by atoms with Gasteiger partial charge in [-0.05, 0) is 42.5 Å². The summed E-state index contributed by atoms with van der Waals surface area (Å²) in [6.45, 7) is 0.273. The van der Waals surface area contributed by atoms with Crippen LogP contribution < -0.4 is 10.5 Å². The maximum Gasteiger partial charge on any atom is 0.261 e. The van der Waals surface area contributed by atoms with Crippen LogP contribution in [0.15, 0.2) is 18.2 Å². The largest absolute Gasteiger partial charge is 0.484 e. The number of hydrogen-bond acceptors (Lipinski definition) is 4. The molecule has 1 aromatic carbocycles. The van der Waals surface area contributed by atoms with Crippen LogP contribution in [-0.4, -0.2) is 49.1 Å². The SMILES string of the molecule is CO[C@H]1C[C@@H](C(N)=O)N(C(=O)COc2ccc3c(c2)CCC3)C1. The van der Waals surface area contributed by atoms with Crippen molar-refractivity contribution in [2.24, 2.45) is 5.73 Å². The average Bonchev–Trinajstić information content (AvgIpc) is 3.18. The van der Waals surface area contributed by atoms with Gasteiger partial charge in [0.05, 0.1) is 6.10 Å². The highest BCUT2D eigenvalue weighted by molar-refractivity contribution is 5.88. The monoisotopic (exact) mass is 318 g/mol. The van der Waals surface area contributed by atoms with E-state index in [2.05, 4.69) is 6.07 Å². The lowest BCUT2D eigenvalue weighted by molar-refractivity contribution is -0.139. The Labute approximate surface area is 135 Å². The summed E-state index contributed by atoms with van der Waals surface area (Å²) in [5, 5.41) is 0. The number of primary amides is 1. The Morgan fingerprint density at radius 1 is 1.30 bits per heavy atom. The molecule has 2 atom stereocenters. The second kappa shape index (κ2) is 6.58. The molecule has 2 N–H and O–H groups in total. The number of aryl methyl sites for hydroxylation is 2. The molecule has 1 saturated heterocycles. The van der Waals surface area contributed by atoms with Gasteiger partial charge in [0.2, 0.25) is 5.91 Å². The predicted octanol–water partition coefficient (Wildman–Crippen LogP) is 0.655. The Morgan fingerprint density at radius 2 is 2.09 bits per heavy atom. The van der Waals surface area contributed by atoms with Crippen molar-refractivity contribution in [1.29, 1.82) is 0 Å². The highest BCUT2D eigenvalue weighted by Gasteiger charge is 2.38. The van der Waals surface area contributed by atoms with Crippen LogP contribution in [0.2, 0.25) is 0 Å². The summed E-state index contributed by atoms with van der Waals surface area (Å²) in [6, 6.07) is 5.34. The predicted molar refractivity (Wildman–Crippen MR) is 84.1 cm³/mol. The number of amides is 2. The van der Waals surface area contributed by atoms with Crippen LogP contribution in [-0.2, 0) is 27.2 Å². The molecule has 6 heteroatoms. The van der Waals surface area contributed by atoms with Crippen molar-refractivity contribution in [2.75, 3.05) is 20.3 Å². The van der Waals surface area contributed by atoms with E-state index in [1.54, 1.807) is 7.11 Å². The third-order valence-corrected chi connectivity index (χ3v) is 4.68. The van der Waals surface area contributed by atoms with Gasteiger partial charge in [0, 0.05) is 20.1 Å². The van der Waals surface area contributed by atoms with Gasteiger partial charge in [-0.2, -0.15) is 0 Å². The first-order valence-electron chi connectivity index (χ1n) is 7.94. The Bertz CT molecular complexity index is 617. The van der Waals surface area contributed by atoms with Crippen molar-refractivity contribution in [1.82, 2.24) is 4.90 Å². The number of carbonyl (C=O) groups excluding carboxylic acids is 2. The summed E-state index contributed by atoms with van der Waals surface area (Å²) < 4.78 is 10.9. The first-order valence-corrected chi connectivity index (χ1v) is 7.94. The number of nitrogens with two attached hydrogens (primary N) is 1. The van der Waals surface area contributed by atoms with Gasteiger partial charge in [0.15, 0.2) is 6.61 Å². The Balaban J connectivity index is 1.61. The molecule has 6 nitrogen and oxygen atoms in total.